The standard InChI is InChI=1S/C13H11F6N/c1-2-3-4-5-6-7-9(14)8(13(17,18)19)10(15)11(16)12(7)20/h2-4,20H2,1H3. The predicted octanol–water partition coefficient (Wildman–Crippen LogP) is 4.25. The fraction of sp³-hybridized carbons (Fsp3) is 0.385. The van der Waals surface area contributed by atoms with Gasteiger partial charge in [-0.15, -0.1) is 0 Å². The number of alkyl halides is 3. The van der Waals surface area contributed by atoms with Gasteiger partial charge in [0.1, 0.15) is 5.56 Å². The first-order valence-corrected chi connectivity index (χ1v) is 5.73. The van der Waals surface area contributed by atoms with E-state index in [0.29, 0.717) is 6.42 Å². The lowest BCUT2D eigenvalue weighted by molar-refractivity contribution is -0.142. The summed E-state index contributed by atoms with van der Waals surface area (Å²) >= 11 is 0. The van der Waals surface area contributed by atoms with E-state index in [1.165, 1.54) is 0 Å². The van der Waals surface area contributed by atoms with E-state index >= 15 is 0 Å². The van der Waals surface area contributed by atoms with Crippen LogP contribution in [0.5, 0.6) is 0 Å². The van der Waals surface area contributed by atoms with Gasteiger partial charge in [0.05, 0.1) is 11.3 Å². The van der Waals surface area contributed by atoms with Gasteiger partial charge >= 0.3 is 6.18 Å². The van der Waals surface area contributed by atoms with Crippen molar-refractivity contribution < 1.29 is 26.3 Å². The van der Waals surface area contributed by atoms with Gasteiger partial charge < -0.3 is 5.73 Å². The van der Waals surface area contributed by atoms with Crippen LogP contribution in [0.1, 0.15) is 37.3 Å². The smallest absolute Gasteiger partial charge is 0.395 e. The van der Waals surface area contributed by atoms with Crippen LogP contribution in [-0.2, 0) is 6.18 Å². The molecule has 0 radical (unpaired) electrons. The molecule has 0 unspecified atom stereocenters. The molecule has 0 spiro atoms. The van der Waals surface area contributed by atoms with Crippen molar-refractivity contribution in [2.45, 2.75) is 32.4 Å². The summed E-state index contributed by atoms with van der Waals surface area (Å²) in [5.74, 6) is -1.87. The molecule has 1 nitrogen and oxygen atoms in total. The minimum Gasteiger partial charge on any atom is -0.395 e. The highest BCUT2D eigenvalue weighted by Gasteiger charge is 2.41. The molecule has 110 valence electrons. The number of nitrogen functional groups attached to an aromatic ring is 1. The van der Waals surface area contributed by atoms with E-state index in [0.717, 1.165) is 6.42 Å². The van der Waals surface area contributed by atoms with Crippen molar-refractivity contribution in [2.24, 2.45) is 0 Å². The molecule has 0 fully saturated rings. The summed E-state index contributed by atoms with van der Waals surface area (Å²) in [5, 5.41) is 0. The molecule has 0 atom stereocenters. The minimum atomic E-state index is -5.37. The number of rotatable bonds is 2. The third kappa shape index (κ3) is 3.18. The van der Waals surface area contributed by atoms with Gasteiger partial charge in [-0.3, -0.25) is 0 Å². The number of halogens is 6. The van der Waals surface area contributed by atoms with Crippen molar-refractivity contribution >= 4 is 5.69 Å². The van der Waals surface area contributed by atoms with Crippen molar-refractivity contribution in [3.05, 3.63) is 28.6 Å². The quantitative estimate of drug-likeness (QED) is 0.285. The second kappa shape index (κ2) is 6.07. The van der Waals surface area contributed by atoms with Crippen LogP contribution in [0.15, 0.2) is 0 Å². The molecule has 0 aromatic heterocycles. The summed E-state index contributed by atoms with van der Waals surface area (Å²) in [6.07, 6.45) is -3.67. The van der Waals surface area contributed by atoms with Crippen LogP contribution in [0.4, 0.5) is 32.0 Å². The lowest BCUT2D eigenvalue weighted by Gasteiger charge is -2.13. The molecule has 0 saturated heterocycles. The van der Waals surface area contributed by atoms with E-state index in [1.807, 2.05) is 12.8 Å². The van der Waals surface area contributed by atoms with E-state index in [4.69, 9.17) is 5.73 Å². The third-order valence-corrected chi connectivity index (χ3v) is 2.51. The maximum Gasteiger partial charge on any atom is 0.422 e. The number of hydrogen-bond donors (Lipinski definition) is 1. The van der Waals surface area contributed by atoms with Crippen LogP contribution in [0, 0.1) is 29.3 Å². The summed E-state index contributed by atoms with van der Waals surface area (Å²) < 4.78 is 77.7. The number of benzene rings is 1. The zero-order chi connectivity index (χ0) is 15.5. The maximum absolute atomic E-state index is 13.7. The maximum atomic E-state index is 13.7. The van der Waals surface area contributed by atoms with Crippen molar-refractivity contribution in [3.63, 3.8) is 0 Å². The summed E-state index contributed by atoms with van der Waals surface area (Å²) in [6, 6.07) is 0. The van der Waals surface area contributed by atoms with Gasteiger partial charge in [-0.05, 0) is 6.42 Å². The minimum absolute atomic E-state index is 0.287. The van der Waals surface area contributed by atoms with Gasteiger partial charge in [0.2, 0.25) is 0 Å². The Balaban J connectivity index is 3.45. The average molecular weight is 295 g/mol. The number of hydrogen-bond acceptors (Lipinski definition) is 1. The van der Waals surface area contributed by atoms with Crippen LogP contribution in [0.3, 0.4) is 0 Å². The van der Waals surface area contributed by atoms with E-state index in [9.17, 15) is 26.3 Å². The molecule has 20 heavy (non-hydrogen) atoms. The Labute approximate surface area is 111 Å². The second-order valence-electron chi connectivity index (χ2n) is 4.01. The molecule has 2 N–H and O–H groups in total. The largest absolute Gasteiger partial charge is 0.422 e. The highest BCUT2D eigenvalue weighted by atomic mass is 19.4. The Kier molecular flexibility index (Phi) is 4.93. The summed E-state index contributed by atoms with van der Waals surface area (Å²) in [5.41, 5.74) is 0.747. The molecule has 1 aromatic rings. The molecule has 0 amide bonds. The zero-order valence-corrected chi connectivity index (χ0v) is 10.5. The number of unbranched alkanes of at least 4 members (excludes halogenated alkanes) is 2. The third-order valence-electron chi connectivity index (χ3n) is 2.51. The molecule has 0 saturated carbocycles. The monoisotopic (exact) mass is 295 g/mol. The van der Waals surface area contributed by atoms with E-state index in [2.05, 4.69) is 5.92 Å². The van der Waals surface area contributed by atoms with Crippen LogP contribution >= 0.6 is 0 Å². The normalized spacial score (nSPS) is 11.2. The van der Waals surface area contributed by atoms with Gasteiger partial charge in [-0.1, -0.05) is 25.2 Å². The SMILES string of the molecule is CCCCC#Cc1c(N)c(F)c(F)c(C(F)(F)F)c1F. The fourth-order valence-corrected chi connectivity index (χ4v) is 1.46. The zero-order valence-electron chi connectivity index (χ0n) is 10.5. The summed E-state index contributed by atoms with van der Waals surface area (Å²) in [4.78, 5) is 0. The van der Waals surface area contributed by atoms with Gasteiger partial charge in [-0.2, -0.15) is 13.2 Å². The lowest BCUT2D eigenvalue weighted by atomic mass is 10.1. The first-order chi connectivity index (χ1) is 9.21. The Hall–Kier alpha value is -1.84. The Morgan fingerprint density at radius 3 is 2.15 bits per heavy atom. The van der Waals surface area contributed by atoms with Crippen LogP contribution in [0.25, 0.3) is 0 Å². The molecule has 0 bridgehead atoms. The van der Waals surface area contributed by atoms with Crippen LogP contribution in [0.2, 0.25) is 0 Å². The van der Waals surface area contributed by atoms with Crippen molar-refractivity contribution in [1.29, 1.82) is 0 Å². The first kappa shape index (κ1) is 16.2. The molecular weight excluding hydrogens is 284 g/mol. The highest BCUT2D eigenvalue weighted by molar-refractivity contribution is 5.60. The van der Waals surface area contributed by atoms with Gasteiger partial charge in [0, 0.05) is 6.42 Å². The van der Waals surface area contributed by atoms with Gasteiger partial charge in [0.15, 0.2) is 17.5 Å². The summed E-state index contributed by atoms with van der Waals surface area (Å²) in [6.45, 7) is 1.86. The fourth-order valence-electron chi connectivity index (χ4n) is 1.46. The van der Waals surface area contributed by atoms with Crippen molar-refractivity contribution in [3.8, 4) is 11.8 Å². The topological polar surface area (TPSA) is 26.0 Å². The molecule has 0 aliphatic carbocycles. The van der Waals surface area contributed by atoms with E-state index in [-0.39, 0.29) is 6.42 Å². The van der Waals surface area contributed by atoms with Crippen LogP contribution in [-0.4, -0.2) is 0 Å². The van der Waals surface area contributed by atoms with E-state index in [1.54, 1.807) is 0 Å². The second-order valence-corrected chi connectivity index (χ2v) is 4.01. The molecule has 0 heterocycles. The molecule has 1 aromatic carbocycles. The highest BCUT2D eigenvalue weighted by Crippen LogP contribution is 2.37. The molecule has 7 heteroatoms. The number of anilines is 1. The van der Waals surface area contributed by atoms with Crippen LogP contribution < -0.4 is 5.73 Å². The van der Waals surface area contributed by atoms with E-state index < -0.39 is 40.4 Å². The Morgan fingerprint density at radius 1 is 1.05 bits per heavy atom. The molecule has 0 aliphatic rings. The number of nitrogens with two attached hydrogens (primary N) is 1. The first-order valence-electron chi connectivity index (χ1n) is 5.73. The van der Waals surface area contributed by atoms with Crippen molar-refractivity contribution in [2.75, 3.05) is 5.73 Å². The van der Waals surface area contributed by atoms with Gasteiger partial charge in [-0.25, -0.2) is 13.2 Å². The molecule has 0 aliphatic heterocycles. The Morgan fingerprint density at radius 2 is 1.65 bits per heavy atom. The predicted molar refractivity (Wildman–Crippen MR) is 62.1 cm³/mol. The summed E-state index contributed by atoms with van der Waals surface area (Å²) in [7, 11) is 0. The molecule has 1 rings (SSSR count). The average Bonchev–Trinajstić information content (AvgIpc) is 2.34. The lowest BCUT2D eigenvalue weighted by Crippen LogP contribution is -2.16. The van der Waals surface area contributed by atoms with Gasteiger partial charge in [0.25, 0.3) is 0 Å². The molecular formula is C13H11F6N. The Bertz CT molecular complexity index is 565. The van der Waals surface area contributed by atoms with Crippen molar-refractivity contribution in [1.82, 2.24) is 0 Å².